The SMILES string of the molecule is O=C(Nc1nc(C2CC2)c(S(=O)(=O)Cc2ccc(F)cc2F)s1)c1ccccn1. The summed E-state index contributed by atoms with van der Waals surface area (Å²) >= 11 is 0.831. The summed E-state index contributed by atoms with van der Waals surface area (Å²) in [6, 6.07) is 7.64. The van der Waals surface area contributed by atoms with Gasteiger partial charge < -0.3 is 0 Å². The Morgan fingerprint density at radius 2 is 2.00 bits per heavy atom. The second-order valence-electron chi connectivity index (χ2n) is 6.63. The molecule has 10 heteroatoms. The standard InChI is InChI=1S/C19H15F2N3O3S2/c20-13-7-6-12(14(21)9-13)10-29(26,27)18-16(11-4-5-11)23-19(28-18)24-17(25)15-3-1-2-8-22-15/h1-3,6-9,11H,4-5,10H2,(H,23,24,25). The van der Waals surface area contributed by atoms with Crippen molar-refractivity contribution in [2.45, 2.75) is 28.7 Å². The first-order valence-electron chi connectivity index (χ1n) is 8.73. The van der Waals surface area contributed by atoms with Gasteiger partial charge in [0.25, 0.3) is 5.91 Å². The number of pyridine rings is 1. The number of nitrogens with zero attached hydrogens (tertiary/aromatic N) is 2. The molecule has 0 saturated heterocycles. The first-order valence-corrected chi connectivity index (χ1v) is 11.2. The number of carbonyl (C=O) groups is 1. The van der Waals surface area contributed by atoms with E-state index in [-0.39, 0.29) is 26.5 Å². The van der Waals surface area contributed by atoms with Gasteiger partial charge in [0.2, 0.25) is 0 Å². The molecule has 0 atom stereocenters. The van der Waals surface area contributed by atoms with Crippen molar-refractivity contribution in [3.8, 4) is 0 Å². The molecule has 150 valence electrons. The molecule has 1 aliphatic carbocycles. The van der Waals surface area contributed by atoms with Crippen molar-refractivity contribution in [2.24, 2.45) is 0 Å². The summed E-state index contributed by atoms with van der Waals surface area (Å²) in [5, 5.41) is 2.71. The summed E-state index contributed by atoms with van der Waals surface area (Å²) in [6.07, 6.45) is 3.06. The van der Waals surface area contributed by atoms with E-state index >= 15 is 0 Å². The van der Waals surface area contributed by atoms with Gasteiger partial charge in [0, 0.05) is 23.7 Å². The molecule has 1 aromatic carbocycles. The Bertz CT molecular complexity index is 1180. The van der Waals surface area contributed by atoms with Gasteiger partial charge in [-0.05, 0) is 31.0 Å². The number of hydrogen-bond acceptors (Lipinski definition) is 6. The Morgan fingerprint density at radius 3 is 2.66 bits per heavy atom. The minimum atomic E-state index is -3.94. The summed E-state index contributed by atoms with van der Waals surface area (Å²) in [7, 11) is -3.94. The average molecular weight is 435 g/mol. The van der Waals surface area contributed by atoms with Crippen molar-refractivity contribution >= 4 is 32.2 Å². The molecule has 0 unspecified atom stereocenters. The van der Waals surface area contributed by atoms with Crippen LogP contribution in [-0.2, 0) is 15.6 Å². The van der Waals surface area contributed by atoms with Gasteiger partial charge in [0.1, 0.15) is 21.5 Å². The maximum atomic E-state index is 14.0. The molecule has 1 N–H and O–H groups in total. The molecule has 1 amide bonds. The van der Waals surface area contributed by atoms with E-state index in [9.17, 15) is 22.0 Å². The highest BCUT2D eigenvalue weighted by Crippen LogP contribution is 2.46. The topological polar surface area (TPSA) is 89.0 Å². The number of sulfone groups is 1. The fraction of sp³-hybridized carbons (Fsp3) is 0.211. The van der Waals surface area contributed by atoms with Gasteiger partial charge >= 0.3 is 0 Å². The van der Waals surface area contributed by atoms with Crippen LogP contribution in [0.1, 0.15) is 40.5 Å². The van der Waals surface area contributed by atoms with E-state index in [2.05, 4.69) is 15.3 Å². The summed E-state index contributed by atoms with van der Waals surface area (Å²) in [4.78, 5) is 20.6. The van der Waals surface area contributed by atoms with E-state index in [0.717, 1.165) is 36.3 Å². The van der Waals surface area contributed by atoms with Gasteiger partial charge in [-0.2, -0.15) is 0 Å². The third kappa shape index (κ3) is 4.33. The van der Waals surface area contributed by atoms with E-state index in [1.807, 2.05) is 0 Å². The number of aromatic nitrogens is 2. The number of thiazole rings is 1. The quantitative estimate of drug-likeness (QED) is 0.634. The maximum absolute atomic E-state index is 14.0. The van der Waals surface area contributed by atoms with Crippen molar-refractivity contribution in [3.63, 3.8) is 0 Å². The minimum absolute atomic E-state index is 0.0000425. The Kier molecular flexibility index (Phi) is 5.13. The Morgan fingerprint density at radius 1 is 1.21 bits per heavy atom. The zero-order chi connectivity index (χ0) is 20.6. The zero-order valence-corrected chi connectivity index (χ0v) is 16.6. The first kappa shape index (κ1) is 19.6. The van der Waals surface area contributed by atoms with E-state index in [0.29, 0.717) is 11.8 Å². The Hall–Kier alpha value is -2.72. The largest absolute Gasteiger partial charge is 0.296 e. The van der Waals surface area contributed by atoms with Crippen LogP contribution in [0.4, 0.5) is 13.9 Å². The Balaban J connectivity index is 1.63. The lowest BCUT2D eigenvalue weighted by molar-refractivity contribution is 0.102. The number of anilines is 1. The summed E-state index contributed by atoms with van der Waals surface area (Å²) in [5.74, 6) is -2.83. The van der Waals surface area contributed by atoms with Crippen LogP contribution < -0.4 is 5.32 Å². The number of nitrogens with one attached hydrogen (secondary N) is 1. The van der Waals surface area contributed by atoms with Crippen LogP contribution in [0.2, 0.25) is 0 Å². The molecule has 0 radical (unpaired) electrons. The van der Waals surface area contributed by atoms with Crippen LogP contribution in [0, 0.1) is 11.6 Å². The molecule has 1 fully saturated rings. The van der Waals surface area contributed by atoms with Gasteiger partial charge in [-0.15, -0.1) is 0 Å². The molecule has 1 saturated carbocycles. The lowest BCUT2D eigenvalue weighted by atomic mass is 10.2. The maximum Gasteiger partial charge on any atom is 0.276 e. The monoisotopic (exact) mass is 435 g/mol. The summed E-state index contributed by atoms with van der Waals surface area (Å²) in [6.45, 7) is 0. The average Bonchev–Trinajstić information content (AvgIpc) is 3.44. The molecule has 3 aromatic rings. The smallest absolute Gasteiger partial charge is 0.276 e. The lowest BCUT2D eigenvalue weighted by Gasteiger charge is -2.05. The van der Waals surface area contributed by atoms with Crippen LogP contribution in [0.5, 0.6) is 0 Å². The van der Waals surface area contributed by atoms with Crippen molar-refractivity contribution in [3.05, 3.63) is 71.2 Å². The highest BCUT2D eigenvalue weighted by Gasteiger charge is 2.35. The van der Waals surface area contributed by atoms with Crippen molar-refractivity contribution in [2.75, 3.05) is 5.32 Å². The molecular weight excluding hydrogens is 420 g/mol. The predicted molar refractivity (Wildman–Crippen MR) is 104 cm³/mol. The lowest BCUT2D eigenvalue weighted by Crippen LogP contribution is -2.13. The van der Waals surface area contributed by atoms with Crippen LogP contribution in [0.15, 0.2) is 46.8 Å². The van der Waals surface area contributed by atoms with Gasteiger partial charge in [-0.25, -0.2) is 22.2 Å². The third-order valence-corrected chi connectivity index (χ3v) is 7.60. The highest BCUT2D eigenvalue weighted by atomic mass is 32.2. The van der Waals surface area contributed by atoms with E-state index < -0.39 is 33.1 Å². The molecule has 0 aliphatic heterocycles. The molecule has 2 aromatic heterocycles. The molecule has 2 heterocycles. The highest BCUT2D eigenvalue weighted by molar-refractivity contribution is 7.92. The van der Waals surface area contributed by atoms with Gasteiger partial charge in [-0.3, -0.25) is 15.1 Å². The summed E-state index contributed by atoms with van der Waals surface area (Å²) < 4.78 is 52.9. The third-order valence-electron chi connectivity index (χ3n) is 4.35. The van der Waals surface area contributed by atoms with Gasteiger partial charge in [0.05, 0.1) is 11.4 Å². The molecule has 0 bridgehead atoms. The Labute approximate surface area is 169 Å². The normalized spacial score (nSPS) is 14.0. The summed E-state index contributed by atoms with van der Waals surface area (Å²) in [5.41, 5.74) is 0.433. The zero-order valence-electron chi connectivity index (χ0n) is 14.9. The second kappa shape index (κ2) is 7.60. The van der Waals surface area contributed by atoms with Crippen LogP contribution in [-0.4, -0.2) is 24.3 Å². The van der Waals surface area contributed by atoms with Crippen LogP contribution in [0.3, 0.4) is 0 Å². The van der Waals surface area contributed by atoms with Crippen molar-refractivity contribution in [1.29, 1.82) is 0 Å². The molecule has 0 spiro atoms. The van der Waals surface area contributed by atoms with Gasteiger partial charge in [0.15, 0.2) is 15.0 Å². The predicted octanol–water partition coefficient (Wildman–Crippen LogP) is 3.92. The second-order valence-corrected chi connectivity index (χ2v) is 9.81. The van der Waals surface area contributed by atoms with E-state index in [1.165, 1.54) is 12.3 Å². The molecule has 6 nitrogen and oxygen atoms in total. The number of amides is 1. The molecule has 4 rings (SSSR count). The first-order chi connectivity index (χ1) is 13.8. The molecule has 29 heavy (non-hydrogen) atoms. The minimum Gasteiger partial charge on any atom is -0.296 e. The molecule has 1 aliphatic rings. The van der Waals surface area contributed by atoms with Crippen LogP contribution >= 0.6 is 11.3 Å². The van der Waals surface area contributed by atoms with Gasteiger partial charge in [-0.1, -0.05) is 23.5 Å². The fourth-order valence-corrected chi connectivity index (χ4v) is 5.78. The van der Waals surface area contributed by atoms with Crippen molar-refractivity contribution in [1.82, 2.24) is 9.97 Å². The van der Waals surface area contributed by atoms with E-state index in [1.54, 1.807) is 12.1 Å². The fourth-order valence-electron chi connectivity index (χ4n) is 2.78. The number of carbonyl (C=O) groups excluding carboxylic acids is 1. The number of halogens is 2. The van der Waals surface area contributed by atoms with Crippen molar-refractivity contribution < 1.29 is 22.0 Å². The van der Waals surface area contributed by atoms with Crippen LogP contribution in [0.25, 0.3) is 0 Å². The number of hydrogen-bond donors (Lipinski definition) is 1. The molecular formula is C19H15F2N3O3S2. The number of benzene rings is 1. The van der Waals surface area contributed by atoms with E-state index in [4.69, 9.17) is 0 Å². The number of rotatable bonds is 6.